The van der Waals surface area contributed by atoms with Gasteiger partial charge in [-0.15, -0.1) is 0 Å². The van der Waals surface area contributed by atoms with Crippen LogP contribution in [0.25, 0.3) is 11.1 Å². The van der Waals surface area contributed by atoms with Crippen molar-refractivity contribution in [3.8, 4) is 11.1 Å². The van der Waals surface area contributed by atoms with Gasteiger partial charge in [0.2, 0.25) is 0 Å². The maximum atomic E-state index is 6.50. The van der Waals surface area contributed by atoms with Gasteiger partial charge in [0, 0.05) is 43.2 Å². The average Bonchev–Trinajstić information content (AvgIpc) is 2.75. The third-order valence-electron chi connectivity index (χ3n) is 5.92. The molecule has 1 saturated heterocycles. The molecule has 0 radical (unpaired) electrons. The van der Waals surface area contributed by atoms with Crippen molar-refractivity contribution < 1.29 is 4.74 Å². The number of rotatable bonds is 6. The zero-order chi connectivity index (χ0) is 19.2. The first-order chi connectivity index (χ1) is 13.8. The summed E-state index contributed by atoms with van der Waals surface area (Å²) in [4.78, 5) is 4.51. The van der Waals surface area contributed by atoms with E-state index in [1.807, 2.05) is 0 Å². The average molecular weight is 400 g/mol. The summed E-state index contributed by atoms with van der Waals surface area (Å²) in [5, 5.41) is 7.89. The first kappa shape index (κ1) is 19.5. The number of aromatic nitrogens is 1. The monoisotopic (exact) mass is 399 g/mol. The summed E-state index contributed by atoms with van der Waals surface area (Å²) < 4.78 is 5.45. The number of nitrogens with zero attached hydrogens (tertiary/aromatic N) is 1. The first-order valence-corrected chi connectivity index (χ1v) is 11.0. The molecule has 0 unspecified atom stereocenters. The molecule has 2 N–H and O–H groups in total. The van der Waals surface area contributed by atoms with E-state index in [-0.39, 0.29) is 0 Å². The molecular formula is C23H30ClN3O. The highest BCUT2D eigenvalue weighted by Crippen LogP contribution is 2.32. The van der Waals surface area contributed by atoms with Gasteiger partial charge >= 0.3 is 0 Å². The normalized spacial score (nSPS) is 18.8. The van der Waals surface area contributed by atoms with Crippen LogP contribution in [0.1, 0.15) is 44.9 Å². The molecule has 28 heavy (non-hydrogen) atoms. The van der Waals surface area contributed by atoms with E-state index >= 15 is 0 Å². The van der Waals surface area contributed by atoms with Crippen LogP contribution in [0.4, 0.5) is 11.5 Å². The molecule has 0 spiro atoms. The number of nitrogens with one attached hydrogen (secondary N) is 2. The molecule has 1 saturated carbocycles. The lowest BCUT2D eigenvalue weighted by Crippen LogP contribution is -2.22. The Bertz CT molecular complexity index is 770. The van der Waals surface area contributed by atoms with E-state index < -0.39 is 0 Å². The molecule has 4 nitrogen and oxygen atoms in total. The van der Waals surface area contributed by atoms with Crippen molar-refractivity contribution in [2.45, 2.75) is 51.0 Å². The maximum Gasteiger partial charge on any atom is 0.126 e. The Morgan fingerprint density at radius 3 is 2.68 bits per heavy atom. The van der Waals surface area contributed by atoms with E-state index in [1.54, 1.807) is 6.20 Å². The topological polar surface area (TPSA) is 46.2 Å². The fourth-order valence-electron chi connectivity index (χ4n) is 4.20. The quantitative estimate of drug-likeness (QED) is 0.626. The minimum absolute atomic E-state index is 0.530. The molecule has 2 aromatic rings. The van der Waals surface area contributed by atoms with E-state index in [2.05, 4.69) is 45.9 Å². The fourth-order valence-corrected chi connectivity index (χ4v) is 4.42. The molecule has 1 aliphatic heterocycles. The number of anilines is 2. The Morgan fingerprint density at radius 1 is 1.04 bits per heavy atom. The minimum Gasteiger partial charge on any atom is -0.385 e. The molecular weight excluding hydrogens is 370 g/mol. The third kappa shape index (κ3) is 5.18. The smallest absolute Gasteiger partial charge is 0.126 e. The third-order valence-corrected chi connectivity index (χ3v) is 6.22. The molecule has 4 rings (SSSR count). The Labute approximate surface area is 173 Å². The molecule has 1 aromatic carbocycles. The van der Waals surface area contributed by atoms with Crippen LogP contribution in [0.2, 0.25) is 5.02 Å². The van der Waals surface area contributed by atoms with Gasteiger partial charge in [-0.1, -0.05) is 43.0 Å². The van der Waals surface area contributed by atoms with Crippen LogP contribution in [0.5, 0.6) is 0 Å². The molecule has 2 aliphatic rings. The van der Waals surface area contributed by atoms with Gasteiger partial charge in [0.15, 0.2) is 0 Å². The lowest BCUT2D eigenvalue weighted by Gasteiger charge is -2.23. The van der Waals surface area contributed by atoms with Gasteiger partial charge in [-0.3, -0.25) is 0 Å². The Balaban J connectivity index is 1.45. The Morgan fingerprint density at radius 2 is 1.86 bits per heavy atom. The second-order valence-electron chi connectivity index (χ2n) is 8.05. The lowest BCUT2D eigenvalue weighted by atomic mass is 9.95. The van der Waals surface area contributed by atoms with Gasteiger partial charge in [0.25, 0.3) is 0 Å². The summed E-state index contributed by atoms with van der Waals surface area (Å²) in [6, 6.07) is 11.1. The number of hydrogen-bond donors (Lipinski definition) is 2. The van der Waals surface area contributed by atoms with Crippen molar-refractivity contribution in [1.29, 1.82) is 0 Å². The highest BCUT2D eigenvalue weighted by Gasteiger charge is 2.15. The fraction of sp³-hybridized carbons (Fsp3) is 0.522. The van der Waals surface area contributed by atoms with Gasteiger partial charge in [-0.25, -0.2) is 4.98 Å². The summed E-state index contributed by atoms with van der Waals surface area (Å²) in [7, 11) is 0. The second kappa shape index (κ2) is 9.62. The van der Waals surface area contributed by atoms with Gasteiger partial charge in [0.05, 0.1) is 5.02 Å². The standard InChI is InChI=1S/C23H30ClN3O/c24-22-16-26-23(27-19-6-2-1-3-7-19)14-21(22)18-5-4-8-20(13-18)25-15-17-9-11-28-12-10-17/h4-5,8,13-14,16-17,19,25H,1-3,6-7,9-12,15H2,(H,26,27). The Hall–Kier alpha value is -1.78. The van der Waals surface area contributed by atoms with Crippen LogP contribution in [-0.2, 0) is 4.74 Å². The van der Waals surface area contributed by atoms with Crippen molar-refractivity contribution >= 4 is 23.1 Å². The molecule has 0 atom stereocenters. The van der Waals surface area contributed by atoms with Gasteiger partial charge in [-0.05, 0) is 55.4 Å². The number of benzene rings is 1. The Kier molecular flexibility index (Phi) is 6.71. The number of hydrogen-bond acceptors (Lipinski definition) is 4. The summed E-state index contributed by atoms with van der Waals surface area (Å²) in [5.74, 6) is 1.61. The summed E-state index contributed by atoms with van der Waals surface area (Å²) in [6.45, 7) is 2.76. The minimum atomic E-state index is 0.530. The van der Waals surface area contributed by atoms with E-state index in [0.717, 1.165) is 55.2 Å². The van der Waals surface area contributed by atoms with Crippen LogP contribution < -0.4 is 10.6 Å². The molecule has 2 heterocycles. The predicted octanol–water partition coefficient (Wildman–Crippen LogP) is 5.99. The second-order valence-corrected chi connectivity index (χ2v) is 8.45. The largest absolute Gasteiger partial charge is 0.385 e. The molecule has 150 valence electrons. The highest BCUT2D eigenvalue weighted by molar-refractivity contribution is 6.33. The molecule has 1 aromatic heterocycles. The van der Waals surface area contributed by atoms with Crippen molar-refractivity contribution in [2.24, 2.45) is 5.92 Å². The number of halogens is 1. The van der Waals surface area contributed by atoms with E-state index in [4.69, 9.17) is 16.3 Å². The molecule has 2 fully saturated rings. The van der Waals surface area contributed by atoms with Gasteiger partial charge < -0.3 is 15.4 Å². The molecule has 0 bridgehead atoms. The summed E-state index contributed by atoms with van der Waals surface area (Å²) >= 11 is 6.50. The molecule has 0 amide bonds. The van der Waals surface area contributed by atoms with E-state index in [1.165, 1.54) is 32.1 Å². The number of ether oxygens (including phenoxy) is 1. The summed E-state index contributed by atoms with van der Waals surface area (Å²) in [6.07, 6.45) is 10.5. The van der Waals surface area contributed by atoms with Crippen molar-refractivity contribution in [1.82, 2.24) is 4.98 Å². The predicted molar refractivity (Wildman–Crippen MR) is 117 cm³/mol. The number of pyridine rings is 1. The highest BCUT2D eigenvalue weighted by atomic mass is 35.5. The van der Waals surface area contributed by atoms with Crippen LogP contribution in [0.3, 0.4) is 0 Å². The van der Waals surface area contributed by atoms with Crippen LogP contribution >= 0.6 is 11.6 Å². The van der Waals surface area contributed by atoms with E-state index in [0.29, 0.717) is 17.0 Å². The SMILES string of the molecule is Clc1cnc(NC2CCCCC2)cc1-c1cccc(NCC2CCOCC2)c1. The van der Waals surface area contributed by atoms with Gasteiger partial charge in [0.1, 0.15) is 5.82 Å². The molecule has 1 aliphatic carbocycles. The lowest BCUT2D eigenvalue weighted by molar-refractivity contribution is 0.0699. The zero-order valence-electron chi connectivity index (χ0n) is 16.4. The van der Waals surface area contributed by atoms with Crippen molar-refractivity contribution in [2.75, 3.05) is 30.4 Å². The van der Waals surface area contributed by atoms with Crippen molar-refractivity contribution in [3.63, 3.8) is 0 Å². The zero-order valence-corrected chi connectivity index (χ0v) is 17.2. The van der Waals surface area contributed by atoms with Crippen molar-refractivity contribution in [3.05, 3.63) is 41.6 Å². The van der Waals surface area contributed by atoms with E-state index in [9.17, 15) is 0 Å². The van der Waals surface area contributed by atoms with Crippen LogP contribution in [0, 0.1) is 5.92 Å². The first-order valence-electron chi connectivity index (χ1n) is 10.6. The van der Waals surface area contributed by atoms with Gasteiger partial charge in [-0.2, -0.15) is 0 Å². The maximum absolute atomic E-state index is 6.50. The molecule has 5 heteroatoms. The van der Waals surface area contributed by atoms with Crippen LogP contribution in [0.15, 0.2) is 36.5 Å². The van der Waals surface area contributed by atoms with Crippen LogP contribution in [-0.4, -0.2) is 30.8 Å². The summed E-state index contributed by atoms with van der Waals surface area (Å²) in [5.41, 5.74) is 3.29.